The van der Waals surface area contributed by atoms with Gasteiger partial charge < -0.3 is 10.1 Å². The van der Waals surface area contributed by atoms with Crippen LogP contribution < -0.4 is 10.1 Å². The van der Waals surface area contributed by atoms with Crippen LogP contribution in [0.4, 0.5) is 4.39 Å². The monoisotopic (exact) mass is 384 g/mol. The Hall–Kier alpha value is -1.67. The van der Waals surface area contributed by atoms with E-state index in [-0.39, 0.29) is 48.3 Å². The zero-order chi connectivity index (χ0) is 18.6. The molecule has 2 aliphatic rings. The van der Waals surface area contributed by atoms with E-state index in [2.05, 4.69) is 10.2 Å². The fourth-order valence-electron chi connectivity index (χ4n) is 3.66. The third-order valence-corrected chi connectivity index (χ3v) is 6.64. The number of hydrogen-bond donors (Lipinski definition) is 1. The maximum Gasteiger partial charge on any atom is 0.220 e. The first-order valence-electron chi connectivity index (χ1n) is 9.06. The molecule has 0 aromatic heterocycles. The Morgan fingerprint density at radius 2 is 1.96 bits per heavy atom. The number of nitrogens with one attached hydrogen (secondary N) is 1. The minimum Gasteiger partial charge on any atom is -0.491 e. The number of halogens is 1. The molecule has 6 nitrogen and oxygen atoms in total. The zero-order valence-electron chi connectivity index (χ0n) is 14.7. The van der Waals surface area contributed by atoms with Crippen LogP contribution in [0.25, 0.3) is 0 Å². The number of rotatable bonds is 7. The van der Waals surface area contributed by atoms with Crippen LogP contribution >= 0.6 is 0 Å². The average molecular weight is 384 g/mol. The van der Waals surface area contributed by atoms with Gasteiger partial charge in [-0.05, 0) is 44.5 Å². The quantitative estimate of drug-likeness (QED) is 0.719. The summed E-state index contributed by atoms with van der Waals surface area (Å²) in [7, 11) is -3.12. The van der Waals surface area contributed by atoms with E-state index in [4.69, 9.17) is 4.74 Å². The minimum atomic E-state index is -3.12. The molecule has 2 saturated heterocycles. The zero-order valence-corrected chi connectivity index (χ0v) is 15.5. The highest BCUT2D eigenvalue weighted by molar-refractivity contribution is 7.91. The molecule has 0 aliphatic carbocycles. The SMILES string of the molecule is O=C(CCCOc1ccccc1F)NC1CS(=O)(=O)CC1N1CCCC1. The van der Waals surface area contributed by atoms with Gasteiger partial charge in [-0.3, -0.25) is 9.69 Å². The standard InChI is InChI=1S/C18H25FN2O4S/c19-14-6-1-2-7-17(14)25-11-5-8-18(22)20-15-12-26(23,24)13-16(15)21-9-3-4-10-21/h1-2,6-7,15-16H,3-5,8-13H2,(H,20,22). The van der Waals surface area contributed by atoms with Crippen LogP contribution in [0.1, 0.15) is 25.7 Å². The number of hydrogen-bond acceptors (Lipinski definition) is 5. The van der Waals surface area contributed by atoms with Crippen molar-refractivity contribution in [1.29, 1.82) is 0 Å². The summed E-state index contributed by atoms with van der Waals surface area (Å²) in [6, 6.07) is 5.66. The fourth-order valence-corrected chi connectivity index (χ4v) is 5.61. The molecule has 2 fully saturated rings. The predicted octanol–water partition coefficient (Wildman–Crippen LogP) is 1.36. The van der Waals surface area contributed by atoms with Crippen molar-refractivity contribution >= 4 is 15.7 Å². The number of carbonyl (C=O) groups is 1. The third-order valence-electron chi connectivity index (χ3n) is 4.92. The maximum atomic E-state index is 13.4. The summed E-state index contributed by atoms with van der Waals surface area (Å²) in [5, 5.41) is 2.88. The fraction of sp³-hybridized carbons (Fsp3) is 0.611. The van der Waals surface area contributed by atoms with Gasteiger partial charge in [0.25, 0.3) is 0 Å². The number of sulfone groups is 1. The van der Waals surface area contributed by atoms with Crippen LogP contribution in [0.3, 0.4) is 0 Å². The highest BCUT2D eigenvalue weighted by atomic mass is 32.2. The van der Waals surface area contributed by atoms with Crippen molar-refractivity contribution in [3.63, 3.8) is 0 Å². The Bertz CT molecular complexity index is 734. The molecule has 1 amide bonds. The molecule has 2 atom stereocenters. The number of ether oxygens (including phenoxy) is 1. The summed E-state index contributed by atoms with van der Waals surface area (Å²) in [5.41, 5.74) is 0. The van der Waals surface area contributed by atoms with Crippen molar-refractivity contribution in [2.45, 2.75) is 37.8 Å². The van der Waals surface area contributed by atoms with Gasteiger partial charge in [0.05, 0.1) is 24.2 Å². The lowest BCUT2D eigenvalue weighted by molar-refractivity contribution is -0.122. The second-order valence-corrected chi connectivity index (χ2v) is 9.10. The van der Waals surface area contributed by atoms with Gasteiger partial charge in [0.15, 0.2) is 21.4 Å². The second kappa shape index (κ2) is 8.35. The van der Waals surface area contributed by atoms with Gasteiger partial charge in [-0.15, -0.1) is 0 Å². The highest BCUT2D eigenvalue weighted by Gasteiger charge is 2.42. The third kappa shape index (κ3) is 4.94. The summed E-state index contributed by atoms with van der Waals surface area (Å²) < 4.78 is 42.8. The lowest BCUT2D eigenvalue weighted by atomic mass is 10.1. The average Bonchev–Trinajstić information content (AvgIpc) is 3.20. The van der Waals surface area contributed by atoms with Gasteiger partial charge in [-0.2, -0.15) is 0 Å². The largest absolute Gasteiger partial charge is 0.491 e. The number of nitrogens with zero attached hydrogens (tertiary/aromatic N) is 1. The lowest BCUT2D eigenvalue weighted by Crippen LogP contribution is -2.50. The van der Waals surface area contributed by atoms with Gasteiger partial charge in [0.2, 0.25) is 5.91 Å². The minimum absolute atomic E-state index is 0.00559. The van der Waals surface area contributed by atoms with Crippen molar-refractivity contribution < 1.29 is 22.3 Å². The van der Waals surface area contributed by atoms with Gasteiger partial charge in [0.1, 0.15) is 0 Å². The molecular weight excluding hydrogens is 359 g/mol. The molecule has 0 saturated carbocycles. The Kier molecular flexibility index (Phi) is 6.13. The molecule has 0 radical (unpaired) electrons. The van der Waals surface area contributed by atoms with E-state index < -0.39 is 15.7 Å². The van der Waals surface area contributed by atoms with E-state index in [1.54, 1.807) is 18.2 Å². The Morgan fingerprint density at radius 3 is 2.69 bits per heavy atom. The Morgan fingerprint density at radius 1 is 1.23 bits per heavy atom. The molecule has 1 aromatic rings. The van der Waals surface area contributed by atoms with Crippen LogP contribution in [0.15, 0.2) is 24.3 Å². The highest BCUT2D eigenvalue weighted by Crippen LogP contribution is 2.23. The van der Waals surface area contributed by atoms with E-state index in [1.165, 1.54) is 6.07 Å². The maximum absolute atomic E-state index is 13.4. The van der Waals surface area contributed by atoms with Crippen molar-refractivity contribution in [2.75, 3.05) is 31.2 Å². The van der Waals surface area contributed by atoms with E-state index in [0.29, 0.717) is 6.42 Å². The van der Waals surface area contributed by atoms with Gasteiger partial charge >= 0.3 is 0 Å². The summed E-state index contributed by atoms with van der Waals surface area (Å²) in [4.78, 5) is 14.4. The van der Waals surface area contributed by atoms with Crippen LogP contribution in [0.2, 0.25) is 0 Å². The molecular formula is C18H25FN2O4S. The summed E-state index contributed by atoms with van der Waals surface area (Å²) in [5.74, 6) is -0.320. The first kappa shape index (κ1) is 19.1. The van der Waals surface area contributed by atoms with Crippen molar-refractivity contribution in [3.05, 3.63) is 30.1 Å². The normalized spacial score (nSPS) is 25.3. The van der Waals surface area contributed by atoms with E-state index >= 15 is 0 Å². The number of benzene rings is 1. The molecule has 26 heavy (non-hydrogen) atoms. The predicted molar refractivity (Wildman–Crippen MR) is 96.3 cm³/mol. The van der Waals surface area contributed by atoms with Crippen LogP contribution in [0, 0.1) is 5.82 Å². The van der Waals surface area contributed by atoms with Crippen LogP contribution in [-0.4, -0.2) is 62.5 Å². The topological polar surface area (TPSA) is 75.7 Å². The smallest absolute Gasteiger partial charge is 0.220 e. The van der Waals surface area contributed by atoms with Crippen molar-refractivity contribution in [3.8, 4) is 5.75 Å². The second-order valence-electron chi connectivity index (χ2n) is 6.94. The molecule has 2 aliphatic heterocycles. The van der Waals surface area contributed by atoms with Crippen LogP contribution in [0.5, 0.6) is 5.75 Å². The van der Waals surface area contributed by atoms with E-state index in [9.17, 15) is 17.6 Å². The van der Waals surface area contributed by atoms with Crippen molar-refractivity contribution in [1.82, 2.24) is 10.2 Å². The molecule has 3 rings (SSSR count). The van der Waals surface area contributed by atoms with Gasteiger partial charge in [-0.25, -0.2) is 12.8 Å². The van der Waals surface area contributed by atoms with Gasteiger partial charge in [-0.1, -0.05) is 12.1 Å². The summed E-state index contributed by atoms with van der Waals surface area (Å²) >= 11 is 0. The van der Waals surface area contributed by atoms with Gasteiger partial charge in [0, 0.05) is 12.5 Å². The van der Waals surface area contributed by atoms with Crippen LogP contribution in [-0.2, 0) is 14.6 Å². The molecule has 1 N–H and O–H groups in total. The molecule has 0 bridgehead atoms. The Balaban J connectivity index is 1.45. The first-order chi connectivity index (χ1) is 12.4. The molecule has 1 aromatic carbocycles. The molecule has 2 unspecified atom stereocenters. The van der Waals surface area contributed by atoms with Crippen molar-refractivity contribution in [2.24, 2.45) is 0 Å². The lowest BCUT2D eigenvalue weighted by Gasteiger charge is -2.28. The molecule has 0 spiro atoms. The molecule has 8 heteroatoms. The summed E-state index contributed by atoms with van der Waals surface area (Å²) in [6.07, 6.45) is 2.81. The number of carbonyl (C=O) groups excluding carboxylic acids is 1. The summed E-state index contributed by atoms with van der Waals surface area (Å²) in [6.45, 7) is 2.01. The molecule has 2 heterocycles. The van der Waals surface area contributed by atoms with E-state index in [1.807, 2.05) is 0 Å². The Labute approximate surface area is 153 Å². The first-order valence-corrected chi connectivity index (χ1v) is 10.9. The van der Waals surface area contributed by atoms with E-state index in [0.717, 1.165) is 25.9 Å². The molecule has 144 valence electrons. The number of amides is 1. The number of likely N-dealkylation sites (tertiary alicyclic amines) is 1. The number of para-hydroxylation sites is 1.